The first kappa shape index (κ1) is 21.4. The summed E-state index contributed by atoms with van der Waals surface area (Å²) >= 11 is 0. The fourth-order valence-electron chi connectivity index (χ4n) is 1.73. The molecule has 0 amide bonds. The highest BCUT2D eigenvalue weighted by atomic mass is 28.4. The molecule has 0 saturated heterocycles. The van der Waals surface area contributed by atoms with Gasteiger partial charge in [-0.15, -0.1) is 0 Å². The van der Waals surface area contributed by atoms with Crippen LogP contribution in [0.3, 0.4) is 0 Å². The van der Waals surface area contributed by atoms with E-state index in [0.717, 1.165) is 32.3 Å². The van der Waals surface area contributed by atoms with Crippen LogP contribution in [0.25, 0.3) is 0 Å². The lowest BCUT2D eigenvalue weighted by Crippen LogP contribution is -2.40. The molecule has 0 aromatic rings. The van der Waals surface area contributed by atoms with Gasteiger partial charge in [0.15, 0.2) is 8.32 Å². The fraction of sp³-hybridized carbons (Fsp3) is 0.700. The van der Waals surface area contributed by atoms with Gasteiger partial charge in [0.25, 0.3) is 0 Å². The molecule has 0 radical (unpaired) electrons. The van der Waals surface area contributed by atoms with Crippen molar-refractivity contribution >= 4 is 8.32 Å². The highest BCUT2D eigenvalue weighted by Gasteiger charge is 2.36. The zero-order chi connectivity index (χ0) is 17.2. The highest BCUT2D eigenvalue weighted by molar-refractivity contribution is 6.74. The van der Waals surface area contributed by atoms with E-state index in [2.05, 4.69) is 78.9 Å². The number of rotatable bonds is 9. The van der Waals surface area contributed by atoms with Crippen molar-refractivity contribution in [2.45, 2.75) is 85.4 Å². The van der Waals surface area contributed by atoms with Crippen LogP contribution < -0.4 is 0 Å². The topological polar surface area (TPSA) is 9.23 Å². The van der Waals surface area contributed by atoms with Gasteiger partial charge < -0.3 is 4.43 Å². The van der Waals surface area contributed by atoms with Crippen LogP contribution in [0.2, 0.25) is 18.1 Å². The Bertz CT molecular complexity index is 390. The number of unbranched alkanes of at least 4 members (excludes halogenated alkanes) is 1. The zero-order valence-electron chi connectivity index (χ0n) is 16.3. The molecule has 0 aliphatic rings. The second kappa shape index (κ2) is 10.2. The Balaban J connectivity index is 3.96. The summed E-state index contributed by atoms with van der Waals surface area (Å²) in [7, 11) is -1.60. The van der Waals surface area contributed by atoms with Crippen LogP contribution in [-0.2, 0) is 4.43 Å². The van der Waals surface area contributed by atoms with Gasteiger partial charge in [-0.25, -0.2) is 0 Å². The first-order chi connectivity index (χ1) is 10.1. The van der Waals surface area contributed by atoms with E-state index in [4.69, 9.17) is 4.43 Å². The van der Waals surface area contributed by atoms with Crippen molar-refractivity contribution in [3.8, 4) is 0 Å². The molecule has 0 aromatic carbocycles. The lowest BCUT2D eigenvalue weighted by Gasteiger charge is -2.35. The third kappa shape index (κ3) is 10.2. The van der Waals surface area contributed by atoms with Crippen molar-refractivity contribution in [1.82, 2.24) is 0 Å². The smallest absolute Gasteiger partial charge is 0.192 e. The lowest BCUT2D eigenvalue weighted by atomic mass is 10.1. The van der Waals surface area contributed by atoms with Gasteiger partial charge in [0.05, 0.1) is 6.61 Å². The van der Waals surface area contributed by atoms with E-state index < -0.39 is 8.32 Å². The molecule has 0 fully saturated rings. The summed E-state index contributed by atoms with van der Waals surface area (Å²) in [5.41, 5.74) is 2.85. The van der Waals surface area contributed by atoms with Crippen LogP contribution in [-0.4, -0.2) is 14.9 Å². The summed E-state index contributed by atoms with van der Waals surface area (Å²) in [6, 6.07) is 0. The van der Waals surface area contributed by atoms with Gasteiger partial charge in [-0.1, -0.05) is 56.2 Å². The molecule has 128 valence electrons. The molecule has 0 aliphatic carbocycles. The summed E-state index contributed by atoms with van der Waals surface area (Å²) in [5.74, 6) is 0. The molecule has 0 atom stereocenters. The molecule has 2 heteroatoms. The van der Waals surface area contributed by atoms with Gasteiger partial charge in [0.2, 0.25) is 0 Å². The SMILES string of the molecule is CC(C)=CCC/C=C/CC/C(C)=C/CO[Si](C)(C)C(C)(C)C. The second-order valence-electron chi connectivity index (χ2n) is 7.99. The van der Waals surface area contributed by atoms with Gasteiger partial charge in [-0.05, 0) is 64.6 Å². The predicted molar refractivity (Wildman–Crippen MR) is 104 cm³/mol. The van der Waals surface area contributed by atoms with Crippen molar-refractivity contribution in [2.75, 3.05) is 6.61 Å². The Morgan fingerprint density at radius 2 is 1.50 bits per heavy atom. The van der Waals surface area contributed by atoms with Crippen LogP contribution in [0.4, 0.5) is 0 Å². The molecule has 0 bridgehead atoms. The number of allylic oxidation sites excluding steroid dienone is 5. The van der Waals surface area contributed by atoms with E-state index >= 15 is 0 Å². The Morgan fingerprint density at radius 3 is 2.05 bits per heavy atom. The third-order valence-electron chi connectivity index (χ3n) is 4.44. The van der Waals surface area contributed by atoms with Crippen molar-refractivity contribution in [1.29, 1.82) is 0 Å². The Morgan fingerprint density at radius 1 is 0.909 bits per heavy atom. The predicted octanol–water partition coefficient (Wildman–Crippen LogP) is 7.04. The molecule has 0 aliphatic heterocycles. The average molecular weight is 323 g/mol. The molecule has 0 unspecified atom stereocenters. The van der Waals surface area contributed by atoms with Crippen LogP contribution in [0, 0.1) is 0 Å². The maximum Gasteiger partial charge on any atom is 0.192 e. The van der Waals surface area contributed by atoms with E-state index in [1.807, 2.05) is 0 Å². The van der Waals surface area contributed by atoms with Crippen LogP contribution >= 0.6 is 0 Å². The second-order valence-corrected chi connectivity index (χ2v) is 12.8. The maximum atomic E-state index is 6.18. The van der Waals surface area contributed by atoms with E-state index in [9.17, 15) is 0 Å². The monoisotopic (exact) mass is 322 g/mol. The molecule has 0 N–H and O–H groups in total. The van der Waals surface area contributed by atoms with Crippen molar-refractivity contribution in [3.05, 3.63) is 35.5 Å². The minimum absolute atomic E-state index is 0.294. The molecule has 0 rings (SSSR count). The summed E-state index contributed by atoms with van der Waals surface area (Å²) in [5, 5.41) is 0.294. The summed E-state index contributed by atoms with van der Waals surface area (Å²) < 4.78 is 6.18. The van der Waals surface area contributed by atoms with E-state index in [1.165, 1.54) is 11.1 Å². The Labute approximate surface area is 140 Å². The van der Waals surface area contributed by atoms with Crippen molar-refractivity contribution < 1.29 is 4.43 Å². The largest absolute Gasteiger partial charge is 0.413 e. The first-order valence-electron chi connectivity index (χ1n) is 8.64. The van der Waals surface area contributed by atoms with Crippen LogP contribution in [0.1, 0.15) is 67.2 Å². The van der Waals surface area contributed by atoms with Gasteiger partial charge in [0, 0.05) is 0 Å². The Hall–Kier alpha value is -0.603. The maximum absolute atomic E-state index is 6.18. The molecule has 0 aromatic heterocycles. The standard InChI is InChI=1S/C20H38OSi/c1-18(2)14-12-10-9-11-13-15-19(3)16-17-21-22(7,8)20(4,5)6/h9,11,14,16H,10,12-13,15,17H2,1-8H3/b11-9+,19-16+. The molecule has 1 nitrogen and oxygen atoms in total. The Kier molecular flexibility index (Phi) is 9.94. The van der Waals surface area contributed by atoms with Crippen molar-refractivity contribution in [3.63, 3.8) is 0 Å². The van der Waals surface area contributed by atoms with Gasteiger partial charge in [0.1, 0.15) is 0 Å². The molecule has 22 heavy (non-hydrogen) atoms. The van der Waals surface area contributed by atoms with Crippen LogP contribution in [0.5, 0.6) is 0 Å². The average Bonchev–Trinajstić information content (AvgIpc) is 2.35. The first-order valence-corrected chi connectivity index (χ1v) is 11.5. The molecular weight excluding hydrogens is 284 g/mol. The number of hydrogen-bond acceptors (Lipinski definition) is 1. The zero-order valence-corrected chi connectivity index (χ0v) is 17.3. The highest BCUT2D eigenvalue weighted by Crippen LogP contribution is 2.36. The minimum atomic E-state index is -1.60. The summed E-state index contributed by atoms with van der Waals surface area (Å²) in [6.07, 6.45) is 13.8. The van der Waals surface area contributed by atoms with Gasteiger partial charge in [-0.3, -0.25) is 0 Å². The fourth-order valence-corrected chi connectivity index (χ4v) is 2.66. The minimum Gasteiger partial charge on any atom is -0.413 e. The third-order valence-corrected chi connectivity index (χ3v) is 8.94. The molecule has 0 spiro atoms. The molecular formula is C20H38OSi. The molecule has 0 heterocycles. The van der Waals surface area contributed by atoms with E-state index in [-0.39, 0.29) is 0 Å². The summed E-state index contributed by atoms with van der Waals surface area (Å²) in [6.45, 7) is 18.8. The normalized spacial score (nSPS) is 13.7. The van der Waals surface area contributed by atoms with Crippen LogP contribution in [0.15, 0.2) is 35.5 Å². The van der Waals surface area contributed by atoms with Gasteiger partial charge >= 0.3 is 0 Å². The quantitative estimate of drug-likeness (QED) is 0.251. The van der Waals surface area contributed by atoms with E-state index in [0.29, 0.717) is 5.04 Å². The van der Waals surface area contributed by atoms with Gasteiger partial charge in [-0.2, -0.15) is 0 Å². The molecule has 0 saturated carbocycles. The van der Waals surface area contributed by atoms with Crippen molar-refractivity contribution in [2.24, 2.45) is 0 Å². The number of hydrogen-bond donors (Lipinski definition) is 0. The van der Waals surface area contributed by atoms with E-state index in [1.54, 1.807) is 0 Å². The summed E-state index contributed by atoms with van der Waals surface area (Å²) in [4.78, 5) is 0. The lowest BCUT2D eigenvalue weighted by molar-refractivity contribution is 0.327.